The zero-order chi connectivity index (χ0) is 17.2. The van der Waals surface area contributed by atoms with Crippen molar-refractivity contribution in [2.75, 3.05) is 6.61 Å². The summed E-state index contributed by atoms with van der Waals surface area (Å²) >= 11 is 0. The van der Waals surface area contributed by atoms with Crippen LogP contribution in [0.25, 0.3) is 0 Å². The van der Waals surface area contributed by atoms with Crippen LogP contribution in [-0.2, 0) is 9.53 Å². The van der Waals surface area contributed by atoms with Crippen molar-refractivity contribution in [3.05, 3.63) is 29.8 Å². The molecule has 9 nitrogen and oxygen atoms in total. The molecular weight excluding hydrogens is 310 g/mol. The molecule has 1 aliphatic heterocycles. The molecule has 0 radical (unpaired) electrons. The zero-order valence-electron chi connectivity index (χ0n) is 12.2. The molecule has 5 N–H and O–H groups in total. The number of aliphatic hydroxyl groups is 4. The van der Waals surface area contributed by atoms with Gasteiger partial charge in [0.25, 0.3) is 11.8 Å². The number of carbonyl (C=O) groups excluding carboxylic acids is 2. The van der Waals surface area contributed by atoms with Crippen LogP contribution in [0.15, 0.2) is 24.3 Å². The number of esters is 1. The number of rotatable bonds is 3. The number of hydrogen-bond acceptors (Lipinski definition) is 8. The van der Waals surface area contributed by atoms with Crippen LogP contribution in [-0.4, -0.2) is 63.1 Å². The molecule has 1 aromatic carbocycles. The maximum Gasteiger partial charge on any atom is 0.308 e. The number of carbonyl (C=O) groups is 2. The van der Waals surface area contributed by atoms with E-state index in [9.17, 15) is 30.0 Å². The van der Waals surface area contributed by atoms with Crippen molar-refractivity contribution < 1.29 is 39.5 Å². The third kappa shape index (κ3) is 3.66. The topological polar surface area (TPSA) is 146 Å². The fourth-order valence-corrected chi connectivity index (χ4v) is 2.08. The van der Waals surface area contributed by atoms with Gasteiger partial charge in [-0.05, 0) is 12.1 Å². The van der Waals surface area contributed by atoms with E-state index in [0.29, 0.717) is 0 Å². The Morgan fingerprint density at radius 2 is 1.96 bits per heavy atom. The van der Waals surface area contributed by atoms with Crippen LogP contribution < -0.4 is 10.1 Å². The zero-order valence-corrected chi connectivity index (χ0v) is 12.2. The Balaban J connectivity index is 2.20. The van der Waals surface area contributed by atoms with Gasteiger partial charge in [0.1, 0.15) is 18.0 Å². The molecule has 0 aliphatic carbocycles. The molecule has 1 aliphatic rings. The maximum atomic E-state index is 12.3. The first-order valence-electron chi connectivity index (χ1n) is 6.75. The standard InChI is InChI=1S/C14H17NO8/c1-7(16)23-10-5-3-2-4-8(10)13(20)15-14(21)12(19)11(18)9(17)6-22-14/h2-5,9,11-12,17-19,21H,6H2,1H3,(H,15,20)/t9-,11+,12-,14?/m1/s1. The minimum Gasteiger partial charge on any atom is -0.426 e. The normalized spacial score (nSPS) is 30.6. The number of para-hydroxylation sites is 1. The van der Waals surface area contributed by atoms with E-state index < -0.39 is 42.7 Å². The summed E-state index contributed by atoms with van der Waals surface area (Å²) in [4.78, 5) is 23.3. The lowest BCUT2D eigenvalue weighted by molar-refractivity contribution is -0.329. The van der Waals surface area contributed by atoms with Gasteiger partial charge < -0.3 is 29.9 Å². The quantitative estimate of drug-likeness (QED) is 0.246. The highest BCUT2D eigenvalue weighted by atomic mass is 16.7. The first-order chi connectivity index (χ1) is 10.7. The highest BCUT2D eigenvalue weighted by Crippen LogP contribution is 2.24. The molecule has 1 fully saturated rings. The summed E-state index contributed by atoms with van der Waals surface area (Å²) in [6.07, 6.45) is -5.09. The Kier molecular flexibility index (Phi) is 4.97. The molecule has 126 valence electrons. The summed E-state index contributed by atoms with van der Waals surface area (Å²) in [7, 11) is 0. The molecular formula is C14H17NO8. The predicted octanol–water partition coefficient (Wildman–Crippen LogP) is -1.90. The molecule has 9 heteroatoms. The SMILES string of the molecule is CC(=O)Oc1ccccc1C(=O)NC1(O)OC[C@@H](O)[C@H](O)[C@H]1O. The molecule has 0 bridgehead atoms. The lowest BCUT2D eigenvalue weighted by atomic mass is 10.0. The summed E-state index contributed by atoms with van der Waals surface area (Å²) in [5.41, 5.74) is -0.0902. The van der Waals surface area contributed by atoms with Crippen LogP contribution in [0.2, 0.25) is 0 Å². The van der Waals surface area contributed by atoms with Crippen molar-refractivity contribution in [1.29, 1.82) is 0 Å². The highest BCUT2D eigenvalue weighted by Gasteiger charge is 2.50. The van der Waals surface area contributed by atoms with Crippen molar-refractivity contribution in [3.8, 4) is 5.75 Å². The first-order valence-corrected chi connectivity index (χ1v) is 6.75. The second-order valence-corrected chi connectivity index (χ2v) is 5.05. The largest absolute Gasteiger partial charge is 0.426 e. The van der Waals surface area contributed by atoms with Crippen molar-refractivity contribution in [2.24, 2.45) is 0 Å². The van der Waals surface area contributed by atoms with Gasteiger partial charge in [0.2, 0.25) is 0 Å². The van der Waals surface area contributed by atoms with E-state index in [4.69, 9.17) is 9.47 Å². The van der Waals surface area contributed by atoms with Crippen LogP contribution >= 0.6 is 0 Å². The molecule has 1 unspecified atom stereocenters. The highest BCUT2D eigenvalue weighted by molar-refractivity contribution is 5.97. The third-order valence-electron chi connectivity index (χ3n) is 3.27. The van der Waals surface area contributed by atoms with E-state index in [-0.39, 0.29) is 11.3 Å². The van der Waals surface area contributed by atoms with E-state index in [1.54, 1.807) is 0 Å². The summed E-state index contributed by atoms with van der Waals surface area (Å²) in [6, 6.07) is 5.74. The molecule has 23 heavy (non-hydrogen) atoms. The molecule has 0 spiro atoms. The second-order valence-electron chi connectivity index (χ2n) is 5.05. The Labute approximate surface area is 131 Å². The Morgan fingerprint density at radius 1 is 1.30 bits per heavy atom. The Hall–Kier alpha value is -2.04. The third-order valence-corrected chi connectivity index (χ3v) is 3.27. The van der Waals surface area contributed by atoms with Crippen LogP contribution in [0, 0.1) is 0 Å². The van der Waals surface area contributed by atoms with E-state index in [1.165, 1.54) is 24.3 Å². The minimum atomic E-state index is -2.60. The lowest BCUT2D eigenvalue weighted by Gasteiger charge is -2.41. The smallest absolute Gasteiger partial charge is 0.308 e. The van der Waals surface area contributed by atoms with Gasteiger partial charge in [-0.2, -0.15) is 0 Å². The van der Waals surface area contributed by atoms with Gasteiger partial charge in [-0.15, -0.1) is 0 Å². The number of amides is 1. The summed E-state index contributed by atoms with van der Waals surface area (Å²) < 4.78 is 9.71. The van der Waals surface area contributed by atoms with Crippen molar-refractivity contribution in [3.63, 3.8) is 0 Å². The predicted molar refractivity (Wildman–Crippen MR) is 74.1 cm³/mol. The molecule has 0 saturated carbocycles. The Bertz CT molecular complexity index is 606. The molecule has 2 rings (SSSR count). The fourth-order valence-electron chi connectivity index (χ4n) is 2.08. The van der Waals surface area contributed by atoms with Gasteiger partial charge in [0.15, 0.2) is 6.10 Å². The van der Waals surface area contributed by atoms with E-state index in [1.807, 2.05) is 5.32 Å². The van der Waals surface area contributed by atoms with Gasteiger partial charge in [-0.1, -0.05) is 12.1 Å². The molecule has 1 aromatic rings. The van der Waals surface area contributed by atoms with Gasteiger partial charge in [-0.3, -0.25) is 14.9 Å². The van der Waals surface area contributed by atoms with Crippen molar-refractivity contribution >= 4 is 11.9 Å². The maximum absolute atomic E-state index is 12.3. The van der Waals surface area contributed by atoms with Crippen LogP contribution in [0.4, 0.5) is 0 Å². The number of aliphatic hydroxyl groups excluding tert-OH is 3. The molecule has 4 atom stereocenters. The van der Waals surface area contributed by atoms with Gasteiger partial charge in [-0.25, -0.2) is 0 Å². The lowest BCUT2D eigenvalue weighted by Crippen LogP contribution is -2.68. The van der Waals surface area contributed by atoms with Crippen LogP contribution in [0.5, 0.6) is 5.75 Å². The van der Waals surface area contributed by atoms with Crippen LogP contribution in [0.1, 0.15) is 17.3 Å². The number of benzene rings is 1. The minimum absolute atomic E-state index is 0.0491. The van der Waals surface area contributed by atoms with Gasteiger partial charge in [0.05, 0.1) is 12.2 Å². The number of nitrogens with one attached hydrogen (secondary N) is 1. The van der Waals surface area contributed by atoms with E-state index in [0.717, 1.165) is 6.92 Å². The fraction of sp³-hybridized carbons (Fsp3) is 0.429. The summed E-state index contributed by atoms with van der Waals surface area (Å²) in [5.74, 6) is -4.20. The van der Waals surface area contributed by atoms with Gasteiger partial charge >= 0.3 is 5.97 Å². The average Bonchev–Trinajstić information content (AvgIpc) is 2.49. The molecule has 0 aromatic heterocycles. The molecule has 1 amide bonds. The van der Waals surface area contributed by atoms with Crippen molar-refractivity contribution in [1.82, 2.24) is 5.32 Å². The Morgan fingerprint density at radius 3 is 2.61 bits per heavy atom. The monoisotopic (exact) mass is 327 g/mol. The average molecular weight is 327 g/mol. The number of hydrogen-bond donors (Lipinski definition) is 5. The second kappa shape index (κ2) is 6.60. The van der Waals surface area contributed by atoms with Crippen LogP contribution in [0.3, 0.4) is 0 Å². The van der Waals surface area contributed by atoms with E-state index >= 15 is 0 Å². The first kappa shape index (κ1) is 17.3. The summed E-state index contributed by atoms with van der Waals surface area (Å²) in [5, 5.41) is 40.9. The summed E-state index contributed by atoms with van der Waals surface area (Å²) in [6.45, 7) is 0.661. The molecule has 1 heterocycles. The van der Waals surface area contributed by atoms with Gasteiger partial charge in [0, 0.05) is 6.92 Å². The molecule has 1 saturated heterocycles. The number of ether oxygens (including phenoxy) is 2. The van der Waals surface area contributed by atoms with E-state index in [2.05, 4.69) is 0 Å². The van der Waals surface area contributed by atoms with Crippen molar-refractivity contribution in [2.45, 2.75) is 31.1 Å².